The molecule has 2 unspecified atom stereocenters. The van der Waals surface area contributed by atoms with Gasteiger partial charge in [-0.2, -0.15) is 13.2 Å². The maximum atomic E-state index is 14.3. The van der Waals surface area contributed by atoms with Crippen molar-refractivity contribution in [3.8, 4) is 5.75 Å². The fraction of sp³-hybridized carbons (Fsp3) is 0.318. The molecule has 5 nitrogen and oxygen atoms in total. The quantitative estimate of drug-likeness (QED) is 0.440. The van der Waals surface area contributed by atoms with Crippen LogP contribution in [0.1, 0.15) is 37.4 Å². The van der Waals surface area contributed by atoms with E-state index in [1.54, 1.807) is 12.1 Å². The first-order valence-corrected chi connectivity index (χ1v) is 9.92. The molecule has 4 N–H and O–H groups in total. The Balaban J connectivity index is 2.00. The number of hydrogen-bond donors (Lipinski definition) is 4. The van der Waals surface area contributed by atoms with Gasteiger partial charge in [-0.25, -0.2) is 0 Å². The van der Waals surface area contributed by atoms with Crippen LogP contribution in [0.4, 0.5) is 18.9 Å². The number of aromatic amines is 1. The van der Waals surface area contributed by atoms with Crippen LogP contribution in [0.15, 0.2) is 47.4 Å². The van der Waals surface area contributed by atoms with Gasteiger partial charge in [-0.15, -0.1) is 0 Å². The molecule has 2 atom stereocenters. The minimum Gasteiger partial charge on any atom is -0.508 e. The summed E-state index contributed by atoms with van der Waals surface area (Å²) in [5, 5.41) is 25.0. The minimum atomic E-state index is -5.00. The number of pyridine rings is 1. The molecule has 1 aliphatic rings. The van der Waals surface area contributed by atoms with Crippen LogP contribution in [0.3, 0.4) is 0 Å². The van der Waals surface area contributed by atoms with E-state index >= 15 is 0 Å². The zero-order chi connectivity index (χ0) is 22.8. The van der Waals surface area contributed by atoms with Crippen molar-refractivity contribution in [1.29, 1.82) is 0 Å². The molecule has 4 rings (SSSR count). The van der Waals surface area contributed by atoms with E-state index in [0.29, 0.717) is 5.39 Å². The van der Waals surface area contributed by atoms with Crippen molar-refractivity contribution in [3.05, 3.63) is 69.1 Å². The third-order valence-electron chi connectivity index (χ3n) is 5.93. The van der Waals surface area contributed by atoms with E-state index in [0.717, 1.165) is 0 Å². The van der Waals surface area contributed by atoms with Crippen LogP contribution in [0.2, 0.25) is 5.02 Å². The van der Waals surface area contributed by atoms with Gasteiger partial charge in [-0.05, 0) is 42.2 Å². The first kappa shape index (κ1) is 21.5. The van der Waals surface area contributed by atoms with Gasteiger partial charge in [0.05, 0.1) is 6.04 Å². The molecule has 1 heterocycles. The first-order chi connectivity index (χ1) is 14.4. The van der Waals surface area contributed by atoms with E-state index in [1.165, 1.54) is 44.3 Å². The lowest BCUT2D eigenvalue weighted by atomic mass is 9.63. The maximum Gasteiger partial charge on any atom is 0.419 e. The molecule has 3 aromatic rings. The van der Waals surface area contributed by atoms with Crippen molar-refractivity contribution in [3.63, 3.8) is 0 Å². The minimum absolute atomic E-state index is 0.0150. The van der Waals surface area contributed by atoms with Crippen molar-refractivity contribution in [2.45, 2.75) is 43.5 Å². The van der Waals surface area contributed by atoms with E-state index in [1.807, 2.05) is 0 Å². The van der Waals surface area contributed by atoms with Gasteiger partial charge in [-0.1, -0.05) is 31.5 Å². The summed E-state index contributed by atoms with van der Waals surface area (Å²) in [6, 6.07) is 7.07. The highest BCUT2D eigenvalue weighted by atomic mass is 35.5. The summed E-state index contributed by atoms with van der Waals surface area (Å²) >= 11 is 6.34. The largest absolute Gasteiger partial charge is 0.508 e. The molecule has 9 heteroatoms. The second-order valence-electron chi connectivity index (χ2n) is 8.49. The van der Waals surface area contributed by atoms with E-state index in [2.05, 4.69) is 10.3 Å². The van der Waals surface area contributed by atoms with Crippen LogP contribution in [-0.2, 0) is 5.41 Å². The molecule has 0 saturated heterocycles. The molecule has 0 bridgehead atoms. The average molecular weight is 453 g/mol. The molecule has 31 heavy (non-hydrogen) atoms. The summed E-state index contributed by atoms with van der Waals surface area (Å²) in [5.74, 6) is -0.199. The van der Waals surface area contributed by atoms with Gasteiger partial charge in [0.1, 0.15) is 5.75 Å². The number of hydrogen-bond acceptors (Lipinski definition) is 4. The molecule has 0 radical (unpaired) electrons. The van der Waals surface area contributed by atoms with E-state index in [4.69, 9.17) is 11.6 Å². The summed E-state index contributed by atoms with van der Waals surface area (Å²) in [6.07, 6.45) is -4.31. The Morgan fingerprint density at radius 2 is 1.87 bits per heavy atom. The number of aliphatic hydroxyl groups is 1. The summed E-state index contributed by atoms with van der Waals surface area (Å²) < 4.78 is 42.8. The molecule has 0 saturated carbocycles. The van der Waals surface area contributed by atoms with Crippen molar-refractivity contribution in [1.82, 2.24) is 4.98 Å². The van der Waals surface area contributed by atoms with Crippen molar-refractivity contribution >= 4 is 28.1 Å². The highest BCUT2D eigenvalue weighted by Crippen LogP contribution is 2.57. The van der Waals surface area contributed by atoms with E-state index in [9.17, 15) is 28.2 Å². The number of phenols is 1. The zero-order valence-electron chi connectivity index (χ0n) is 16.6. The summed E-state index contributed by atoms with van der Waals surface area (Å²) in [4.78, 5) is 14.6. The predicted octanol–water partition coefficient (Wildman–Crippen LogP) is 5.02. The van der Waals surface area contributed by atoms with Crippen LogP contribution < -0.4 is 10.9 Å². The Hall–Kier alpha value is -2.71. The zero-order valence-corrected chi connectivity index (χ0v) is 17.4. The maximum absolute atomic E-state index is 14.3. The van der Waals surface area contributed by atoms with Gasteiger partial charge in [-0.3, -0.25) is 4.79 Å². The molecular weight excluding hydrogens is 433 g/mol. The van der Waals surface area contributed by atoms with Crippen molar-refractivity contribution < 1.29 is 23.4 Å². The SMILES string of the molecule is CC1(C)CC(O)(C(F)(F)F)C(Nc2cccc3c(=O)[nH]ccc23)c2c(Cl)ccc(O)c21. The molecule has 0 spiro atoms. The number of fused-ring (bicyclic) bond motifs is 2. The Kier molecular flexibility index (Phi) is 4.79. The number of halogens is 4. The number of rotatable bonds is 2. The van der Waals surface area contributed by atoms with Gasteiger partial charge >= 0.3 is 6.18 Å². The summed E-state index contributed by atoms with van der Waals surface area (Å²) in [5.41, 5.74) is -4.37. The number of anilines is 1. The van der Waals surface area contributed by atoms with Gasteiger partial charge in [0.25, 0.3) is 5.56 Å². The third-order valence-corrected chi connectivity index (χ3v) is 6.26. The van der Waals surface area contributed by atoms with Crippen molar-refractivity contribution in [2.24, 2.45) is 0 Å². The smallest absolute Gasteiger partial charge is 0.419 e. The second kappa shape index (κ2) is 6.90. The Morgan fingerprint density at radius 1 is 1.16 bits per heavy atom. The molecule has 0 amide bonds. The van der Waals surface area contributed by atoms with Gasteiger partial charge in [0.2, 0.25) is 0 Å². The van der Waals surface area contributed by atoms with Crippen LogP contribution >= 0.6 is 11.6 Å². The van der Waals surface area contributed by atoms with Crippen LogP contribution in [0, 0.1) is 0 Å². The lowest BCUT2D eigenvalue weighted by Gasteiger charge is -2.49. The van der Waals surface area contributed by atoms with Gasteiger partial charge in [0.15, 0.2) is 5.60 Å². The van der Waals surface area contributed by atoms with Crippen LogP contribution in [-0.4, -0.2) is 27.0 Å². The summed E-state index contributed by atoms with van der Waals surface area (Å²) in [6.45, 7) is 3.04. The lowest BCUT2D eigenvalue weighted by molar-refractivity contribution is -0.275. The average Bonchev–Trinajstić information content (AvgIpc) is 2.66. The van der Waals surface area contributed by atoms with Crippen molar-refractivity contribution in [2.75, 3.05) is 5.32 Å². The van der Waals surface area contributed by atoms with E-state index < -0.39 is 35.2 Å². The number of nitrogens with one attached hydrogen (secondary N) is 2. The highest BCUT2D eigenvalue weighted by Gasteiger charge is 2.64. The van der Waals surface area contributed by atoms with Crippen LogP contribution in [0.25, 0.3) is 10.8 Å². The lowest BCUT2D eigenvalue weighted by Crippen LogP contribution is -2.58. The fourth-order valence-corrected chi connectivity index (χ4v) is 4.90. The number of benzene rings is 2. The molecule has 0 fully saturated rings. The number of H-pyrrole nitrogens is 1. The highest BCUT2D eigenvalue weighted by molar-refractivity contribution is 6.31. The van der Waals surface area contributed by atoms with Gasteiger partial charge in [0, 0.05) is 38.8 Å². The van der Waals surface area contributed by atoms with E-state index in [-0.39, 0.29) is 33.0 Å². The summed E-state index contributed by atoms with van der Waals surface area (Å²) in [7, 11) is 0. The molecule has 1 aromatic heterocycles. The Bertz CT molecular complexity index is 1240. The molecule has 164 valence electrons. The topological polar surface area (TPSA) is 85.4 Å². The first-order valence-electron chi connectivity index (χ1n) is 9.55. The normalized spacial score (nSPS) is 22.9. The number of phenolic OH excluding ortho intramolecular Hbond substituents is 1. The fourth-order valence-electron chi connectivity index (χ4n) is 4.64. The second-order valence-corrected chi connectivity index (χ2v) is 8.90. The predicted molar refractivity (Wildman–Crippen MR) is 113 cm³/mol. The Labute approximate surface area is 180 Å². The monoisotopic (exact) mass is 452 g/mol. The molecular formula is C22H20ClF3N2O3. The molecule has 1 aliphatic carbocycles. The number of aromatic nitrogens is 1. The van der Waals surface area contributed by atoms with Gasteiger partial charge < -0.3 is 20.5 Å². The Morgan fingerprint density at radius 3 is 2.55 bits per heavy atom. The number of alkyl halides is 3. The molecule has 0 aliphatic heterocycles. The number of aromatic hydroxyl groups is 1. The standard InChI is InChI=1S/C22H20ClF3N2O3/c1-20(2)10-21(31,22(24,25)26)18(16-13(23)6-7-15(29)17(16)20)28-14-5-3-4-12-11(14)8-9-27-19(12)30/h3-9,18,28-29,31H,10H2,1-2H3,(H,27,30). The van der Waals surface area contributed by atoms with Crippen LogP contribution in [0.5, 0.6) is 5.75 Å². The third kappa shape index (κ3) is 3.25. The molecule has 2 aromatic carbocycles.